The van der Waals surface area contributed by atoms with E-state index in [-0.39, 0.29) is 0 Å². The van der Waals surface area contributed by atoms with Gasteiger partial charge in [-0.15, -0.1) is 0 Å². The van der Waals surface area contributed by atoms with Crippen LogP contribution < -0.4 is 19.5 Å². The van der Waals surface area contributed by atoms with Gasteiger partial charge in [0.05, 0.1) is 26.9 Å². The maximum Gasteiger partial charge on any atom is 0.130 e. The molecule has 0 heterocycles. The van der Waals surface area contributed by atoms with Crippen LogP contribution >= 0.6 is 0 Å². The van der Waals surface area contributed by atoms with Gasteiger partial charge in [-0.05, 0) is 13.0 Å². The highest BCUT2D eigenvalue weighted by Crippen LogP contribution is 2.33. The maximum atomic E-state index is 5.38. The Balaban J connectivity index is 2.73. The Morgan fingerprint density at radius 1 is 0.947 bits per heavy atom. The highest BCUT2D eigenvalue weighted by atomic mass is 16.5. The van der Waals surface area contributed by atoms with Gasteiger partial charge in [-0.3, -0.25) is 0 Å². The lowest BCUT2D eigenvalue weighted by Gasteiger charge is -2.15. The van der Waals surface area contributed by atoms with Crippen LogP contribution in [-0.4, -0.2) is 41.6 Å². The molecule has 0 aliphatic heterocycles. The zero-order valence-electron chi connectivity index (χ0n) is 12.1. The maximum absolute atomic E-state index is 5.38. The molecule has 0 aliphatic rings. The zero-order chi connectivity index (χ0) is 14.1. The molecule has 0 unspecified atom stereocenters. The van der Waals surface area contributed by atoms with Crippen LogP contribution in [0.2, 0.25) is 0 Å². The normalized spacial score (nSPS) is 10.3. The van der Waals surface area contributed by atoms with Gasteiger partial charge in [0, 0.05) is 32.4 Å². The molecule has 0 saturated heterocycles. The van der Waals surface area contributed by atoms with Gasteiger partial charge in [0.1, 0.15) is 17.2 Å². The number of ether oxygens (including phenoxy) is 4. The van der Waals surface area contributed by atoms with Crippen molar-refractivity contribution in [3.05, 3.63) is 17.7 Å². The topological polar surface area (TPSA) is 49.0 Å². The summed E-state index contributed by atoms with van der Waals surface area (Å²) in [5.74, 6) is 2.24. The molecule has 0 aliphatic carbocycles. The second kappa shape index (κ2) is 8.61. The minimum atomic E-state index is 0.681. The molecule has 0 aromatic heterocycles. The number of hydrogen-bond donors (Lipinski definition) is 1. The van der Waals surface area contributed by atoms with Crippen LogP contribution in [-0.2, 0) is 11.3 Å². The van der Waals surface area contributed by atoms with E-state index in [9.17, 15) is 0 Å². The monoisotopic (exact) mass is 269 g/mol. The van der Waals surface area contributed by atoms with Crippen LogP contribution in [0.1, 0.15) is 12.0 Å². The van der Waals surface area contributed by atoms with Crippen molar-refractivity contribution in [3.63, 3.8) is 0 Å². The van der Waals surface area contributed by atoms with Crippen LogP contribution in [0.5, 0.6) is 17.2 Å². The van der Waals surface area contributed by atoms with Gasteiger partial charge in [0.25, 0.3) is 0 Å². The lowest BCUT2D eigenvalue weighted by atomic mass is 10.1. The molecule has 0 fully saturated rings. The Hall–Kier alpha value is -1.46. The van der Waals surface area contributed by atoms with E-state index in [1.807, 2.05) is 12.1 Å². The third-order valence-corrected chi connectivity index (χ3v) is 2.82. The van der Waals surface area contributed by atoms with E-state index in [2.05, 4.69) is 5.32 Å². The zero-order valence-corrected chi connectivity index (χ0v) is 12.1. The Morgan fingerprint density at radius 2 is 1.58 bits per heavy atom. The van der Waals surface area contributed by atoms with Crippen LogP contribution in [0, 0.1) is 0 Å². The summed E-state index contributed by atoms with van der Waals surface area (Å²) in [5, 5.41) is 3.34. The number of rotatable bonds is 9. The van der Waals surface area contributed by atoms with Gasteiger partial charge >= 0.3 is 0 Å². The molecule has 0 radical (unpaired) electrons. The van der Waals surface area contributed by atoms with Crippen molar-refractivity contribution < 1.29 is 18.9 Å². The molecule has 0 bridgehead atoms. The Morgan fingerprint density at radius 3 is 2.05 bits per heavy atom. The first kappa shape index (κ1) is 15.6. The molecular weight excluding hydrogens is 246 g/mol. The van der Waals surface area contributed by atoms with Crippen molar-refractivity contribution in [3.8, 4) is 17.2 Å². The quantitative estimate of drug-likeness (QED) is 0.693. The van der Waals surface area contributed by atoms with E-state index in [0.29, 0.717) is 6.54 Å². The minimum Gasteiger partial charge on any atom is -0.496 e. The fourth-order valence-corrected chi connectivity index (χ4v) is 1.81. The number of hydrogen-bond acceptors (Lipinski definition) is 5. The van der Waals surface area contributed by atoms with E-state index in [1.165, 1.54) is 0 Å². The standard InChI is InChI=1S/C14H23NO4/c1-16-7-5-6-15-10-12-13(18-3)8-11(17-2)9-14(12)19-4/h8-9,15H,5-7,10H2,1-4H3. The van der Waals surface area contributed by atoms with Crippen LogP contribution in [0.15, 0.2) is 12.1 Å². The third kappa shape index (κ3) is 4.61. The molecular formula is C14H23NO4. The minimum absolute atomic E-state index is 0.681. The van der Waals surface area contributed by atoms with Crippen molar-refractivity contribution in [1.82, 2.24) is 5.32 Å². The summed E-state index contributed by atoms with van der Waals surface area (Å²) in [6.45, 7) is 2.32. The molecule has 0 saturated carbocycles. The Bertz CT molecular complexity index is 357. The van der Waals surface area contributed by atoms with E-state index < -0.39 is 0 Å². The van der Waals surface area contributed by atoms with Crippen molar-refractivity contribution in [2.75, 3.05) is 41.6 Å². The average molecular weight is 269 g/mol. The van der Waals surface area contributed by atoms with Crippen LogP contribution in [0.3, 0.4) is 0 Å². The summed E-state index contributed by atoms with van der Waals surface area (Å²) in [6, 6.07) is 3.71. The van der Waals surface area contributed by atoms with Gasteiger partial charge < -0.3 is 24.3 Å². The van der Waals surface area contributed by atoms with Gasteiger partial charge in [-0.25, -0.2) is 0 Å². The van der Waals surface area contributed by atoms with Crippen molar-refractivity contribution in [2.24, 2.45) is 0 Å². The SMILES string of the molecule is COCCCNCc1c(OC)cc(OC)cc1OC. The van der Waals surface area contributed by atoms with Crippen molar-refractivity contribution in [1.29, 1.82) is 0 Å². The predicted molar refractivity (Wildman–Crippen MR) is 74.3 cm³/mol. The lowest BCUT2D eigenvalue weighted by molar-refractivity contribution is 0.194. The highest BCUT2D eigenvalue weighted by Gasteiger charge is 2.12. The molecule has 5 heteroatoms. The molecule has 1 aromatic carbocycles. The summed E-state index contributed by atoms with van der Waals surface area (Å²) in [5.41, 5.74) is 0.989. The van der Waals surface area contributed by atoms with E-state index in [0.717, 1.165) is 42.4 Å². The Kier molecular flexibility index (Phi) is 7.07. The van der Waals surface area contributed by atoms with E-state index in [4.69, 9.17) is 18.9 Å². The molecule has 0 spiro atoms. The van der Waals surface area contributed by atoms with Gasteiger partial charge in [0.15, 0.2) is 0 Å². The fourth-order valence-electron chi connectivity index (χ4n) is 1.81. The molecule has 0 atom stereocenters. The summed E-state index contributed by atoms with van der Waals surface area (Å²) >= 11 is 0. The van der Waals surface area contributed by atoms with E-state index >= 15 is 0 Å². The predicted octanol–water partition coefficient (Wildman–Crippen LogP) is 1.84. The second-order valence-corrected chi connectivity index (χ2v) is 4.03. The van der Waals surface area contributed by atoms with Gasteiger partial charge in [0.2, 0.25) is 0 Å². The molecule has 5 nitrogen and oxygen atoms in total. The number of methoxy groups -OCH3 is 4. The van der Waals surface area contributed by atoms with Crippen molar-refractivity contribution >= 4 is 0 Å². The smallest absolute Gasteiger partial charge is 0.130 e. The molecule has 1 N–H and O–H groups in total. The molecule has 1 rings (SSSR count). The number of benzene rings is 1. The van der Waals surface area contributed by atoms with Gasteiger partial charge in [-0.2, -0.15) is 0 Å². The summed E-state index contributed by atoms with van der Waals surface area (Å²) in [6.07, 6.45) is 0.970. The first-order valence-electron chi connectivity index (χ1n) is 6.25. The summed E-state index contributed by atoms with van der Waals surface area (Å²) in [4.78, 5) is 0. The Labute approximate surface area is 114 Å². The van der Waals surface area contributed by atoms with Crippen molar-refractivity contribution in [2.45, 2.75) is 13.0 Å². The second-order valence-electron chi connectivity index (χ2n) is 4.03. The summed E-state index contributed by atoms with van der Waals surface area (Å²) in [7, 11) is 6.61. The first-order chi connectivity index (χ1) is 9.26. The molecule has 108 valence electrons. The van der Waals surface area contributed by atoms with Gasteiger partial charge in [-0.1, -0.05) is 0 Å². The summed E-state index contributed by atoms with van der Waals surface area (Å²) < 4.78 is 21.0. The molecule has 19 heavy (non-hydrogen) atoms. The third-order valence-electron chi connectivity index (χ3n) is 2.82. The largest absolute Gasteiger partial charge is 0.496 e. The molecule has 1 aromatic rings. The highest BCUT2D eigenvalue weighted by molar-refractivity contribution is 5.50. The fraction of sp³-hybridized carbons (Fsp3) is 0.571. The van der Waals surface area contributed by atoms with E-state index in [1.54, 1.807) is 28.4 Å². The first-order valence-corrected chi connectivity index (χ1v) is 6.25. The lowest BCUT2D eigenvalue weighted by Crippen LogP contribution is -2.17. The molecule has 0 amide bonds. The average Bonchev–Trinajstić information content (AvgIpc) is 2.46. The number of nitrogens with one attached hydrogen (secondary N) is 1. The van der Waals surface area contributed by atoms with Crippen LogP contribution in [0.25, 0.3) is 0 Å². The van der Waals surface area contributed by atoms with Crippen LogP contribution in [0.4, 0.5) is 0 Å².